The fourth-order valence-corrected chi connectivity index (χ4v) is 2.05. The van der Waals surface area contributed by atoms with E-state index in [-0.39, 0.29) is 0 Å². The Morgan fingerprint density at radius 3 is 3.00 bits per heavy atom. The quantitative estimate of drug-likeness (QED) is 0.797. The second-order valence-electron chi connectivity index (χ2n) is 4.76. The van der Waals surface area contributed by atoms with Gasteiger partial charge in [0.2, 0.25) is 5.95 Å². The molecule has 88 valence electrons. The standard InChI is InChI=1S/C14H17N3/c1-2-6-13-12(5-1)10-16-14(17-13)15-9-3-4-11-7-8-11/h1-2,5-6,10-11H,3-4,7-9H2,(H,15,16,17). The van der Waals surface area contributed by atoms with Crippen LogP contribution in [0.5, 0.6) is 0 Å². The van der Waals surface area contributed by atoms with Crippen molar-refractivity contribution < 1.29 is 0 Å². The van der Waals surface area contributed by atoms with Gasteiger partial charge in [-0.15, -0.1) is 0 Å². The lowest BCUT2D eigenvalue weighted by Gasteiger charge is -2.05. The first kappa shape index (κ1) is 10.5. The molecule has 1 aliphatic carbocycles. The van der Waals surface area contributed by atoms with Gasteiger partial charge in [-0.3, -0.25) is 0 Å². The third-order valence-corrected chi connectivity index (χ3v) is 3.26. The van der Waals surface area contributed by atoms with E-state index in [0.29, 0.717) is 0 Å². The van der Waals surface area contributed by atoms with Crippen molar-refractivity contribution in [2.24, 2.45) is 5.92 Å². The van der Waals surface area contributed by atoms with Gasteiger partial charge in [0.25, 0.3) is 0 Å². The van der Waals surface area contributed by atoms with Crippen molar-refractivity contribution in [2.45, 2.75) is 25.7 Å². The predicted molar refractivity (Wildman–Crippen MR) is 70.0 cm³/mol. The van der Waals surface area contributed by atoms with Crippen LogP contribution in [0.2, 0.25) is 0 Å². The molecule has 0 amide bonds. The van der Waals surface area contributed by atoms with Gasteiger partial charge in [-0.25, -0.2) is 9.97 Å². The Labute approximate surface area is 101 Å². The number of nitrogens with one attached hydrogen (secondary N) is 1. The summed E-state index contributed by atoms with van der Waals surface area (Å²) in [5, 5.41) is 4.39. The van der Waals surface area contributed by atoms with Gasteiger partial charge in [-0.1, -0.05) is 31.0 Å². The van der Waals surface area contributed by atoms with Gasteiger partial charge < -0.3 is 5.32 Å². The summed E-state index contributed by atoms with van der Waals surface area (Å²) >= 11 is 0. The molecule has 1 heterocycles. The summed E-state index contributed by atoms with van der Waals surface area (Å²) in [6.07, 6.45) is 7.33. The van der Waals surface area contributed by atoms with Crippen LogP contribution in [0.25, 0.3) is 10.9 Å². The van der Waals surface area contributed by atoms with E-state index in [1.54, 1.807) is 0 Å². The summed E-state index contributed by atoms with van der Waals surface area (Å²) in [5.74, 6) is 1.76. The van der Waals surface area contributed by atoms with E-state index >= 15 is 0 Å². The average Bonchev–Trinajstić information content (AvgIpc) is 3.18. The molecule has 0 bridgehead atoms. The van der Waals surface area contributed by atoms with Crippen LogP contribution in [0.1, 0.15) is 25.7 Å². The number of fused-ring (bicyclic) bond motifs is 1. The van der Waals surface area contributed by atoms with Gasteiger partial charge in [0.15, 0.2) is 0 Å². The summed E-state index contributed by atoms with van der Waals surface area (Å²) < 4.78 is 0. The molecule has 1 saturated carbocycles. The summed E-state index contributed by atoms with van der Waals surface area (Å²) in [5.41, 5.74) is 1.01. The van der Waals surface area contributed by atoms with E-state index in [2.05, 4.69) is 15.3 Å². The van der Waals surface area contributed by atoms with Crippen molar-refractivity contribution in [3.05, 3.63) is 30.5 Å². The highest BCUT2D eigenvalue weighted by atomic mass is 15.1. The number of rotatable bonds is 5. The second-order valence-corrected chi connectivity index (χ2v) is 4.76. The van der Waals surface area contributed by atoms with Crippen LogP contribution in [0.3, 0.4) is 0 Å². The molecular weight excluding hydrogens is 210 g/mol. The zero-order valence-corrected chi connectivity index (χ0v) is 9.89. The maximum absolute atomic E-state index is 4.49. The van der Waals surface area contributed by atoms with Crippen LogP contribution in [0.15, 0.2) is 30.5 Å². The van der Waals surface area contributed by atoms with Gasteiger partial charge in [0.1, 0.15) is 0 Å². The number of aromatic nitrogens is 2. The van der Waals surface area contributed by atoms with Crippen LogP contribution in [0.4, 0.5) is 5.95 Å². The molecule has 2 aromatic rings. The molecule has 1 aromatic heterocycles. The van der Waals surface area contributed by atoms with Crippen LogP contribution < -0.4 is 5.32 Å². The molecule has 0 saturated heterocycles. The van der Waals surface area contributed by atoms with Crippen molar-refractivity contribution in [3.63, 3.8) is 0 Å². The fourth-order valence-electron chi connectivity index (χ4n) is 2.05. The number of anilines is 1. The fraction of sp³-hybridized carbons (Fsp3) is 0.429. The zero-order valence-electron chi connectivity index (χ0n) is 9.89. The maximum Gasteiger partial charge on any atom is 0.223 e. The van der Waals surface area contributed by atoms with Gasteiger partial charge in [-0.2, -0.15) is 0 Å². The Hall–Kier alpha value is -1.64. The lowest BCUT2D eigenvalue weighted by atomic mass is 10.2. The van der Waals surface area contributed by atoms with Crippen molar-refractivity contribution in [1.29, 1.82) is 0 Å². The molecule has 0 radical (unpaired) electrons. The molecule has 0 unspecified atom stereocenters. The summed E-state index contributed by atoms with van der Waals surface area (Å²) in [7, 11) is 0. The predicted octanol–water partition coefficient (Wildman–Crippen LogP) is 3.23. The van der Waals surface area contributed by atoms with Gasteiger partial charge in [0, 0.05) is 18.1 Å². The Morgan fingerprint density at radius 2 is 2.12 bits per heavy atom. The van der Waals surface area contributed by atoms with E-state index in [0.717, 1.165) is 29.3 Å². The minimum absolute atomic E-state index is 0.750. The van der Waals surface area contributed by atoms with Crippen LogP contribution in [-0.2, 0) is 0 Å². The van der Waals surface area contributed by atoms with E-state index in [4.69, 9.17) is 0 Å². The monoisotopic (exact) mass is 227 g/mol. The van der Waals surface area contributed by atoms with E-state index in [1.165, 1.54) is 25.7 Å². The molecule has 3 nitrogen and oxygen atoms in total. The molecule has 1 aromatic carbocycles. The van der Waals surface area contributed by atoms with Crippen molar-refractivity contribution in [2.75, 3.05) is 11.9 Å². The molecule has 1 N–H and O–H groups in total. The van der Waals surface area contributed by atoms with Crippen molar-refractivity contribution in [1.82, 2.24) is 9.97 Å². The molecule has 1 fully saturated rings. The molecule has 3 rings (SSSR count). The third kappa shape index (κ3) is 2.73. The van der Waals surface area contributed by atoms with E-state index in [9.17, 15) is 0 Å². The summed E-state index contributed by atoms with van der Waals surface area (Å²) in [6, 6.07) is 8.07. The first-order valence-electron chi connectivity index (χ1n) is 6.37. The van der Waals surface area contributed by atoms with Crippen LogP contribution in [0, 0.1) is 5.92 Å². The number of para-hydroxylation sites is 1. The third-order valence-electron chi connectivity index (χ3n) is 3.26. The average molecular weight is 227 g/mol. The van der Waals surface area contributed by atoms with Crippen molar-refractivity contribution in [3.8, 4) is 0 Å². The molecule has 1 aliphatic rings. The summed E-state index contributed by atoms with van der Waals surface area (Å²) in [4.78, 5) is 8.80. The number of hydrogen-bond acceptors (Lipinski definition) is 3. The topological polar surface area (TPSA) is 37.8 Å². The molecule has 17 heavy (non-hydrogen) atoms. The lowest BCUT2D eigenvalue weighted by molar-refractivity contribution is 0.685. The highest BCUT2D eigenvalue weighted by molar-refractivity contribution is 5.78. The number of benzene rings is 1. The molecule has 0 atom stereocenters. The smallest absolute Gasteiger partial charge is 0.223 e. The van der Waals surface area contributed by atoms with E-state index in [1.807, 2.05) is 30.5 Å². The highest BCUT2D eigenvalue weighted by Crippen LogP contribution is 2.33. The molecule has 0 aliphatic heterocycles. The largest absolute Gasteiger partial charge is 0.354 e. The minimum atomic E-state index is 0.750. The maximum atomic E-state index is 4.49. The highest BCUT2D eigenvalue weighted by Gasteiger charge is 2.19. The van der Waals surface area contributed by atoms with Gasteiger partial charge in [0.05, 0.1) is 5.52 Å². The van der Waals surface area contributed by atoms with E-state index < -0.39 is 0 Å². The van der Waals surface area contributed by atoms with Crippen LogP contribution >= 0.6 is 0 Å². The second kappa shape index (κ2) is 4.70. The number of nitrogens with zero attached hydrogens (tertiary/aromatic N) is 2. The Balaban J connectivity index is 1.59. The van der Waals surface area contributed by atoms with Crippen molar-refractivity contribution >= 4 is 16.9 Å². The Bertz CT molecular complexity index is 506. The SMILES string of the molecule is c1ccc2nc(NCCCC3CC3)ncc2c1. The van der Waals surface area contributed by atoms with Gasteiger partial charge in [-0.05, 0) is 24.8 Å². The first-order valence-corrected chi connectivity index (χ1v) is 6.37. The van der Waals surface area contributed by atoms with Crippen LogP contribution in [-0.4, -0.2) is 16.5 Å². The Kier molecular flexibility index (Phi) is 2.90. The van der Waals surface area contributed by atoms with Gasteiger partial charge >= 0.3 is 0 Å². The lowest BCUT2D eigenvalue weighted by Crippen LogP contribution is -2.05. The molecule has 3 heteroatoms. The zero-order chi connectivity index (χ0) is 11.5. The minimum Gasteiger partial charge on any atom is -0.354 e. The number of hydrogen-bond donors (Lipinski definition) is 1. The molecular formula is C14H17N3. The summed E-state index contributed by atoms with van der Waals surface area (Å²) in [6.45, 7) is 0.981. The Morgan fingerprint density at radius 1 is 1.24 bits per heavy atom. The molecule has 0 spiro atoms. The first-order chi connectivity index (χ1) is 8.42. The normalized spacial score (nSPS) is 15.1.